The van der Waals surface area contributed by atoms with E-state index in [1.807, 2.05) is 6.07 Å². The maximum Gasteiger partial charge on any atom is 0.490 e. The average Bonchev–Trinajstić information content (AvgIpc) is 2.29. The number of aromatic nitrogens is 1. The Hall–Kier alpha value is -1.11. The molecule has 1 aromatic rings. The molecule has 0 aromatic carbocycles. The van der Waals surface area contributed by atoms with Gasteiger partial charge in [0.1, 0.15) is 5.82 Å². The van der Waals surface area contributed by atoms with Crippen molar-refractivity contribution in [1.29, 1.82) is 0 Å². The lowest BCUT2D eigenvalue weighted by Crippen LogP contribution is -2.44. The van der Waals surface area contributed by atoms with Gasteiger partial charge in [-0.1, -0.05) is 6.07 Å². The first-order valence-electron chi connectivity index (χ1n) is 5.48. The minimum atomic E-state index is -1.44. The zero-order valence-corrected chi connectivity index (χ0v) is 9.35. The molecule has 0 unspecified atom stereocenters. The number of hydrogen-bond donors (Lipinski definition) is 3. The van der Waals surface area contributed by atoms with Crippen molar-refractivity contribution in [2.24, 2.45) is 0 Å². The summed E-state index contributed by atoms with van der Waals surface area (Å²) in [6.45, 7) is 5.59. The number of piperazine rings is 1. The van der Waals surface area contributed by atoms with Gasteiger partial charge in [-0.15, -0.1) is 0 Å². The molecule has 86 valence electrons. The third kappa shape index (κ3) is 2.34. The molecule has 2 heterocycles. The maximum atomic E-state index is 9.10. The van der Waals surface area contributed by atoms with Crippen LogP contribution in [0.2, 0.25) is 0 Å². The van der Waals surface area contributed by atoms with Crippen molar-refractivity contribution in [3.05, 3.63) is 17.8 Å². The van der Waals surface area contributed by atoms with Gasteiger partial charge in [0.15, 0.2) is 0 Å². The number of rotatable bonds is 2. The first-order valence-corrected chi connectivity index (χ1v) is 5.48. The highest BCUT2D eigenvalue weighted by Crippen LogP contribution is 2.10. The van der Waals surface area contributed by atoms with Crippen LogP contribution in [0.5, 0.6) is 0 Å². The van der Waals surface area contributed by atoms with Crippen molar-refractivity contribution in [2.45, 2.75) is 6.92 Å². The lowest BCUT2D eigenvalue weighted by molar-refractivity contribution is 0.425. The molecule has 0 atom stereocenters. The Morgan fingerprint density at radius 2 is 2.00 bits per heavy atom. The Bertz CT molecular complexity index is 367. The number of pyridine rings is 1. The fourth-order valence-electron chi connectivity index (χ4n) is 1.90. The third-order valence-electron chi connectivity index (χ3n) is 2.83. The number of aryl methyl sites for hydroxylation is 1. The number of hydrogen-bond acceptors (Lipinski definition) is 5. The second-order valence-electron chi connectivity index (χ2n) is 3.95. The van der Waals surface area contributed by atoms with Crippen molar-refractivity contribution in [3.63, 3.8) is 0 Å². The largest absolute Gasteiger partial charge is 0.490 e. The molecule has 1 saturated heterocycles. The van der Waals surface area contributed by atoms with Crippen molar-refractivity contribution in [2.75, 3.05) is 31.1 Å². The molecule has 0 bridgehead atoms. The van der Waals surface area contributed by atoms with Crippen LogP contribution in [0.1, 0.15) is 5.69 Å². The molecule has 5 nitrogen and oxygen atoms in total. The molecule has 1 aromatic heterocycles. The van der Waals surface area contributed by atoms with Gasteiger partial charge in [-0.2, -0.15) is 0 Å². The predicted octanol–water partition coefficient (Wildman–Crippen LogP) is -1.52. The van der Waals surface area contributed by atoms with E-state index in [1.54, 1.807) is 13.0 Å². The molecular weight excluding hydrogens is 205 g/mol. The van der Waals surface area contributed by atoms with Crippen LogP contribution in [0.15, 0.2) is 12.1 Å². The highest BCUT2D eigenvalue weighted by molar-refractivity contribution is 6.59. The van der Waals surface area contributed by atoms with Gasteiger partial charge < -0.3 is 20.3 Å². The molecule has 1 aliphatic rings. The molecule has 0 radical (unpaired) electrons. The van der Waals surface area contributed by atoms with Gasteiger partial charge in [-0.05, 0) is 13.0 Å². The number of nitrogens with one attached hydrogen (secondary N) is 1. The van der Waals surface area contributed by atoms with Gasteiger partial charge in [0.05, 0.1) is 0 Å². The normalized spacial score (nSPS) is 16.3. The topological polar surface area (TPSA) is 68.6 Å². The summed E-state index contributed by atoms with van der Waals surface area (Å²) < 4.78 is 0. The Kier molecular flexibility index (Phi) is 3.43. The molecule has 0 spiro atoms. The first-order chi connectivity index (χ1) is 7.68. The van der Waals surface area contributed by atoms with E-state index in [0.29, 0.717) is 11.2 Å². The van der Waals surface area contributed by atoms with Gasteiger partial charge in [0, 0.05) is 37.3 Å². The average molecular weight is 221 g/mol. The Morgan fingerprint density at radius 3 is 2.56 bits per heavy atom. The molecule has 3 N–H and O–H groups in total. The second-order valence-corrected chi connectivity index (χ2v) is 3.95. The quantitative estimate of drug-likeness (QED) is 0.529. The zero-order valence-electron chi connectivity index (χ0n) is 9.35. The summed E-state index contributed by atoms with van der Waals surface area (Å²) in [6.07, 6.45) is 0. The van der Waals surface area contributed by atoms with Crippen molar-refractivity contribution >= 4 is 18.4 Å². The molecule has 1 aliphatic heterocycles. The summed E-state index contributed by atoms with van der Waals surface area (Å²) >= 11 is 0. The van der Waals surface area contributed by atoms with E-state index in [-0.39, 0.29) is 0 Å². The van der Waals surface area contributed by atoms with Gasteiger partial charge in [0.25, 0.3) is 0 Å². The Labute approximate surface area is 95.3 Å². The molecular formula is C10H16BN3O2. The Morgan fingerprint density at radius 1 is 1.31 bits per heavy atom. The van der Waals surface area contributed by atoms with Crippen LogP contribution in [0.25, 0.3) is 0 Å². The molecule has 0 amide bonds. The summed E-state index contributed by atoms with van der Waals surface area (Å²) in [7, 11) is -1.44. The first kappa shape index (κ1) is 11.4. The van der Waals surface area contributed by atoms with E-state index >= 15 is 0 Å². The van der Waals surface area contributed by atoms with E-state index in [9.17, 15) is 0 Å². The standard InChI is InChI=1S/C10H16BN3O2/c1-8-9(11(15)16)2-3-10(13-8)14-6-4-12-5-7-14/h2-3,12,15-16H,4-7H2,1H3. The van der Waals surface area contributed by atoms with Crippen molar-refractivity contribution in [3.8, 4) is 0 Å². The van der Waals surface area contributed by atoms with Crippen LogP contribution in [0.4, 0.5) is 5.82 Å². The van der Waals surface area contributed by atoms with Gasteiger partial charge in [-0.3, -0.25) is 0 Å². The summed E-state index contributed by atoms with van der Waals surface area (Å²) in [5, 5.41) is 21.5. The second kappa shape index (κ2) is 4.82. The molecule has 6 heteroatoms. The molecule has 2 rings (SSSR count). The van der Waals surface area contributed by atoms with Crippen molar-refractivity contribution in [1.82, 2.24) is 10.3 Å². The van der Waals surface area contributed by atoms with Crippen LogP contribution in [0.3, 0.4) is 0 Å². The maximum absolute atomic E-state index is 9.10. The van der Waals surface area contributed by atoms with Crippen LogP contribution in [-0.4, -0.2) is 48.3 Å². The van der Waals surface area contributed by atoms with E-state index in [2.05, 4.69) is 15.2 Å². The summed E-state index contributed by atoms with van der Waals surface area (Å²) in [4.78, 5) is 6.59. The fraction of sp³-hybridized carbons (Fsp3) is 0.500. The van der Waals surface area contributed by atoms with Gasteiger partial charge in [0.2, 0.25) is 0 Å². The predicted molar refractivity (Wildman–Crippen MR) is 63.9 cm³/mol. The third-order valence-corrected chi connectivity index (χ3v) is 2.83. The van der Waals surface area contributed by atoms with Gasteiger partial charge in [-0.25, -0.2) is 4.98 Å². The monoisotopic (exact) mass is 221 g/mol. The lowest BCUT2D eigenvalue weighted by Gasteiger charge is -2.28. The molecule has 16 heavy (non-hydrogen) atoms. The van der Waals surface area contributed by atoms with Crippen LogP contribution >= 0.6 is 0 Å². The molecule has 0 saturated carbocycles. The van der Waals surface area contributed by atoms with E-state index in [0.717, 1.165) is 32.0 Å². The molecule has 1 fully saturated rings. The minimum absolute atomic E-state index is 0.471. The minimum Gasteiger partial charge on any atom is -0.423 e. The Balaban J connectivity index is 2.19. The smallest absolute Gasteiger partial charge is 0.423 e. The van der Waals surface area contributed by atoms with Crippen LogP contribution in [0, 0.1) is 6.92 Å². The van der Waals surface area contributed by atoms with E-state index in [1.165, 1.54) is 0 Å². The van der Waals surface area contributed by atoms with E-state index in [4.69, 9.17) is 10.0 Å². The summed E-state index contributed by atoms with van der Waals surface area (Å²) in [5.41, 5.74) is 1.14. The highest BCUT2D eigenvalue weighted by Gasteiger charge is 2.17. The SMILES string of the molecule is Cc1nc(N2CCNCC2)ccc1B(O)O. The highest BCUT2D eigenvalue weighted by atomic mass is 16.4. The van der Waals surface area contributed by atoms with Gasteiger partial charge >= 0.3 is 7.12 Å². The van der Waals surface area contributed by atoms with E-state index < -0.39 is 7.12 Å². The number of anilines is 1. The fourth-order valence-corrected chi connectivity index (χ4v) is 1.90. The summed E-state index contributed by atoms with van der Waals surface area (Å²) in [6, 6.07) is 3.57. The lowest BCUT2D eigenvalue weighted by atomic mass is 9.79. The zero-order chi connectivity index (χ0) is 11.5. The van der Waals surface area contributed by atoms with Crippen molar-refractivity contribution < 1.29 is 10.0 Å². The summed E-state index contributed by atoms with van der Waals surface area (Å²) in [5.74, 6) is 0.906. The van der Waals surface area contributed by atoms with Crippen LogP contribution < -0.4 is 15.7 Å². The number of nitrogens with zero attached hydrogens (tertiary/aromatic N) is 2. The molecule has 0 aliphatic carbocycles. The van der Waals surface area contributed by atoms with Crippen LogP contribution in [-0.2, 0) is 0 Å².